The molecule has 3 heteroatoms. The molecule has 0 aliphatic heterocycles. The van der Waals surface area contributed by atoms with E-state index in [0.717, 1.165) is 18.9 Å². The van der Waals surface area contributed by atoms with Crippen molar-refractivity contribution < 1.29 is 0 Å². The van der Waals surface area contributed by atoms with Gasteiger partial charge in [-0.05, 0) is 43.1 Å². The van der Waals surface area contributed by atoms with Crippen molar-refractivity contribution in [2.75, 3.05) is 12.8 Å². The third-order valence-corrected chi connectivity index (χ3v) is 3.48. The minimum absolute atomic E-state index is 0.925. The third kappa shape index (κ3) is 3.89. The van der Waals surface area contributed by atoms with Gasteiger partial charge < -0.3 is 5.32 Å². The molecule has 0 radical (unpaired) electrons. The van der Waals surface area contributed by atoms with Crippen molar-refractivity contribution in [2.45, 2.75) is 19.3 Å². The number of nitrogens with zero attached hydrogens (tertiary/aromatic N) is 1. The molecule has 0 unspecified atom stereocenters. The van der Waals surface area contributed by atoms with Crippen LogP contribution < -0.4 is 5.32 Å². The second-order valence-corrected chi connectivity index (χ2v) is 5.01. The average molecular weight is 234 g/mol. The van der Waals surface area contributed by atoms with Crippen LogP contribution in [0, 0.1) is 5.92 Å². The van der Waals surface area contributed by atoms with Gasteiger partial charge in [-0.1, -0.05) is 12.1 Å². The van der Waals surface area contributed by atoms with Gasteiger partial charge in [0, 0.05) is 18.9 Å². The van der Waals surface area contributed by atoms with Crippen molar-refractivity contribution in [1.29, 1.82) is 0 Å². The molecule has 1 heterocycles. The zero-order valence-corrected chi connectivity index (χ0v) is 10.5. The fourth-order valence-corrected chi connectivity index (χ4v) is 2.00. The molecule has 2 rings (SSSR count). The average Bonchev–Trinajstić information content (AvgIpc) is 3.15. The van der Waals surface area contributed by atoms with Gasteiger partial charge in [-0.3, -0.25) is 4.98 Å². The Bertz CT molecular complexity index is 344. The Hall–Kier alpha value is -0.960. The summed E-state index contributed by atoms with van der Waals surface area (Å²) in [6.45, 7) is 1.14. The zero-order chi connectivity index (χ0) is 11.2. The number of rotatable bonds is 6. The molecule has 1 aliphatic rings. The summed E-state index contributed by atoms with van der Waals surface area (Å²) in [5, 5.41) is 4.79. The Balaban J connectivity index is 1.82. The maximum atomic E-state index is 4.12. The molecule has 0 bridgehead atoms. The van der Waals surface area contributed by atoms with Crippen molar-refractivity contribution in [1.82, 2.24) is 10.3 Å². The lowest BCUT2D eigenvalue weighted by atomic mass is 10.2. The number of thioether (sulfide) groups is 1. The molecule has 0 amide bonds. The molecule has 16 heavy (non-hydrogen) atoms. The summed E-state index contributed by atoms with van der Waals surface area (Å²) >= 11 is 1.79. The van der Waals surface area contributed by atoms with Gasteiger partial charge in [-0.25, -0.2) is 0 Å². The van der Waals surface area contributed by atoms with Crippen LogP contribution in [0.1, 0.15) is 18.4 Å². The summed E-state index contributed by atoms with van der Waals surface area (Å²) in [6, 6.07) is 4.10. The monoisotopic (exact) mass is 234 g/mol. The van der Waals surface area contributed by atoms with Crippen molar-refractivity contribution in [2.24, 2.45) is 5.92 Å². The van der Waals surface area contributed by atoms with Crippen LogP contribution in [0.5, 0.6) is 0 Å². The minimum Gasteiger partial charge on any atom is -0.380 e. The van der Waals surface area contributed by atoms with Crippen LogP contribution >= 0.6 is 11.8 Å². The van der Waals surface area contributed by atoms with E-state index in [0.29, 0.717) is 0 Å². The maximum absolute atomic E-state index is 4.12. The third-order valence-electron chi connectivity index (χ3n) is 2.73. The van der Waals surface area contributed by atoms with Gasteiger partial charge in [0.05, 0.1) is 5.03 Å². The second-order valence-electron chi connectivity index (χ2n) is 4.16. The number of allylic oxidation sites excluding steroid dienone is 1. The standard InChI is InChI=1S/C13H18N2S/c1-16-13(15-10-12-4-5-12)7-6-11-3-2-8-14-9-11/h2-3,7-9,12,15H,4-6,10H2,1H3/b13-7-. The van der Waals surface area contributed by atoms with E-state index >= 15 is 0 Å². The number of hydrogen-bond acceptors (Lipinski definition) is 3. The minimum atomic E-state index is 0.925. The quantitative estimate of drug-likeness (QED) is 0.819. The second kappa shape index (κ2) is 5.94. The van der Waals surface area contributed by atoms with Crippen molar-refractivity contribution >= 4 is 11.8 Å². The fraction of sp³-hybridized carbons (Fsp3) is 0.462. The Morgan fingerprint density at radius 3 is 3.12 bits per heavy atom. The summed E-state index contributed by atoms with van der Waals surface area (Å²) in [7, 11) is 0. The van der Waals surface area contributed by atoms with Gasteiger partial charge >= 0.3 is 0 Å². The Morgan fingerprint density at radius 1 is 1.62 bits per heavy atom. The van der Waals surface area contributed by atoms with E-state index < -0.39 is 0 Å². The van der Waals surface area contributed by atoms with Crippen LogP contribution in [0.4, 0.5) is 0 Å². The Kier molecular flexibility index (Phi) is 4.28. The first-order chi connectivity index (χ1) is 7.88. The Labute approximate surface area is 102 Å². The molecule has 0 atom stereocenters. The summed E-state index contributed by atoms with van der Waals surface area (Å²) in [5.41, 5.74) is 1.27. The van der Waals surface area contributed by atoms with Crippen LogP contribution in [0.2, 0.25) is 0 Å². The smallest absolute Gasteiger partial charge is 0.0641 e. The zero-order valence-electron chi connectivity index (χ0n) is 9.65. The van der Waals surface area contributed by atoms with E-state index in [1.807, 2.05) is 18.5 Å². The number of nitrogens with one attached hydrogen (secondary N) is 1. The van der Waals surface area contributed by atoms with E-state index in [4.69, 9.17) is 0 Å². The van der Waals surface area contributed by atoms with E-state index in [1.165, 1.54) is 23.4 Å². The highest BCUT2D eigenvalue weighted by molar-refractivity contribution is 8.02. The molecule has 1 saturated carbocycles. The van der Waals surface area contributed by atoms with Crippen molar-refractivity contribution in [3.05, 3.63) is 41.2 Å². The summed E-state index contributed by atoms with van der Waals surface area (Å²) < 4.78 is 0. The summed E-state index contributed by atoms with van der Waals surface area (Å²) in [4.78, 5) is 4.12. The number of pyridine rings is 1. The fourth-order valence-electron chi connectivity index (χ4n) is 1.52. The van der Waals surface area contributed by atoms with Crippen LogP contribution in [-0.2, 0) is 6.42 Å². The van der Waals surface area contributed by atoms with Gasteiger partial charge in [0.15, 0.2) is 0 Å². The first kappa shape index (κ1) is 11.5. The molecule has 1 aromatic heterocycles. The lowest BCUT2D eigenvalue weighted by Gasteiger charge is -2.07. The van der Waals surface area contributed by atoms with Crippen LogP contribution in [0.25, 0.3) is 0 Å². The molecule has 1 aromatic rings. The lowest BCUT2D eigenvalue weighted by Crippen LogP contribution is -2.14. The van der Waals surface area contributed by atoms with E-state index in [1.54, 1.807) is 11.8 Å². The van der Waals surface area contributed by atoms with Crippen LogP contribution in [0.3, 0.4) is 0 Å². The lowest BCUT2D eigenvalue weighted by molar-refractivity contribution is 0.738. The predicted molar refractivity (Wildman–Crippen MR) is 70.3 cm³/mol. The van der Waals surface area contributed by atoms with Crippen LogP contribution in [0.15, 0.2) is 35.6 Å². The van der Waals surface area contributed by atoms with E-state index in [2.05, 4.69) is 28.7 Å². The summed E-state index contributed by atoms with van der Waals surface area (Å²) in [5.74, 6) is 0.925. The highest BCUT2D eigenvalue weighted by atomic mass is 32.2. The first-order valence-corrected chi connectivity index (χ1v) is 6.98. The van der Waals surface area contributed by atoms with Gasteiger partial charge in [0.2, 0.25) is 0 Å². The first-order valence-electron chi connectivity index (χ1n) is 5.75. The maximum Gasteiger partial charge on any atom is 0.0641 e. The van der Waals surface area contributed by atoms with E-state index in [9.17, 15) is 0 Å². The molecule has 0 saturated heterocycles. The van der Waals surface area contributed by atoms with Crippen LogP contribution in [-0.4, -0.2) is 17.8 Å². The molecule has 86 valence electrons. The normalized spacial score (nSPS) is 16.2. The topological polar surface area (TPSA) is 24.9 Å². The molecule has 2 nitrogen and oxygen atoms in total. The molecule has 0 aromatic carbocycles. The summed E-state index contributed by atoms with van der Waals surface area (Å²) in [6.07, 6.45) is 11.9. The highest BCUT2D eigenvalue weighted by Crippen LogP contribution is 2.28. The van der Waals surface area contributed by atoms with Crippen molar-refractivity contribution in [3.63, 3.8) is 0 Å². The van der Waals surface area contributed by atoms with Gasteiger partial charge in [0.1, 0.15) is 0 Å². The molecule has 0 spiro atoms. The van der Waals surface area contributed by atoms with Crippen molar-refractivity contribution in [3.8, 4) is 0 Å². The van der Waals surface area contributed by atoms with E-state index in [-0.39, 0.29) is 0 Å². The Morgan fingerprint density at radius 2 is 2.50 bits per heavy atom. The SMILES string of the molecule is CS/C(=C\Cc1cccnc1)NCC1CC1. The molecule has 1 aliphatic carbocycles. The molecular formula is C13H18N2S. The predicted octanol–water partition coefficient (Wildman–Crippen LogP) is 2.83. The molecule has 1 N–H and O–H groups in total. The molecular weight excluding hydrogens is 216 g/mol. The molecule has 1 fully saturated rings. The number of aromatic nitrogens is 1. The largest absolute Gasteiger partial charge is 0.380 e. The van der Waals surface area contributed by atoms with Gasteiger partial charge in [0.25, 0.3) is 0 Å². The van der Waals surface area contributed by atoms with Gasteiger partial charge in [-0.15, -0.1) is 11.8 Å². The van der Waals surface area contributed by atoms with Gasteiger partial charge in [-0.2, -0.15) is 0 Å². The highest BCUT2D eigenvalue weighted by Gasteiger charge is 2.20. The number of hydrogen-bond donors (Lipinski definition) is 1.